The third-order valence-corrected chi connectivity index (χ3v) is 3.03. The van der Waals surface area contributed by atoms with Crippen molar-refractivity contribution in [3.63, 3.8) is 0 Å². The molecule has 0 aliphatic carbocycles. The molecule has 0 saturated carbocycles. The summed E-state index contributed by atoms with van der Waals surface area (Å²) < 4.78 is 0. The molecule has 0 fully saturated rings. The number of hydrogen-bond donors (Lipinski definition) is 2. The largest absolute Gasteiger partial charge is 0.345 e. The van der Waals surface area contributed by atoms with Crippen LogP contribution in [-0.2, 0) is 4.79 Å². The quantitative estimate of drug-likeness (QED) is 0.372. The van der Waals surface area contributed by atoms with Gasteiger partial charge in [0.25, 0.3) is 11.6 Å². The van der Waals surface area contributed by atoms with Gasteiger partial charge >= 0.3 is 0 Å². The molecule has 2 rings (SSSR count). The molecule has 0 unspecified atom stereocenters. The topological polar surface area (TPSA) is 121 Å². The van der Waals surface area contributed by atoms with Gasteiger partial charge in [0, 0.05) is 18.5 Å². The Hall–Kier alpha value is -3.44. The second-order valence-electron chi connectivity index (χ2n) is 4.40. The summed E-state index contributed by atoms with van der Waals surface area (Å²) in [7, 11) is 0. The lowest BCUT2D eigenvalue weighted by Crippen LogP contribution is -2.15. The van der Waals surface area contributed by atoms with Gasteiger partial charge in [0.15, 0.2) is 0 Å². The number of pyridine rings is 1. The molecule has 0 aliphatic heterocycles. The molecular weight excluding hydrogens is 334 g/mol. The Labute approximate surface area is 141 Å². The molecule has 2 aromatic rings. The van der Waals surface area contributed by atoms with E-state index in [-0.39, 0.29) is 16.9 Å². The SMILES string of the molecule is N#C/C(=C/Nc1ccc(Cl)cn1)C(=O)Nc1ccccc1[N+](=O)[O-]. The summed E-state index contributed by atoms with van der Waals surface area (Å²) in [5.41, 5.74) is -0.543. The molecule has 1 amide bonds. The van der Waals surface area contributed by atoms with Crippen molar-refractivity contribution in [2.24, 2.45) is 0 Å². The van der Waals surface area contributed by atoms with Crippen LogP contribution in [0.25, 0.3) is 0 Å². The van der Waals surface area contributed by atoms with E-state index in [1.54, 1.807) is 18.2 Å². The summed E-state index contributed by atoms with van der Waals surface area (Å²) in [6.45, 7) is 0. The fourth-order valence-electron chi connectivity index (χ4n) is 1.68. The summed E-state index contributed by atoms with van der Waals surface area (Å²) in [5, 5.41) is 25.5. The highest BCUT2D eigenvalue weighted by molar-refractivity contribution is 6.30. The first-order chi connectivity index (χ1) is 11.5. The van der Waals surface area contributed by atoms with Crippen molar-refractivity contribution in [2.75, 3.05) is 10.6 Å². The number of nitriles is 1. The third-order valence-electron chi connectivity index (χ3n) is 2.81. The van der Waals surface area contributed by atoms with Crippen LogP contribution in [0, 0.1) is 21.4 Å². The van der Waals surface area contributed by atoms with Crippen LogP contribution in [0.4, 0.5) is 17.2 Å². The van der Waals surface area contributed by atoms with Gasteiger partial charge in [-0.25, -0.2) is 4.98 Å². The van der Waals surface area contributed by atoms with E-state index in [9.17, 15) is 14.9 Å². The number of para-hydroxylation sites is 2. The van der Waals surface area contributed by atoms with Crippen LogP contribution in [0.15, 0.2) is 54.4 Å². The zero-order chi connectivity index (χ0) is 17.5. The Morgan fingerprint density at radius 2 is 2.08 bits per heavy atom. The van der Waals surface area contributed by atoms with Crippen LogP contribution in [-0.4, -0.2) is 15.8 Å². The Balaban J connectivity index is 2.15. The van der Waals surface area contributed by atoms with Crippen LogP contribution in [0.1, 0.15) is 0 Å². The van der Waals surface area contributed by atoms with Gasteiger partial charge in [0.2, 0.25) is 0 Å². The number of nitrogens with zero attached hydrogens (tertiary/aromatic N) is 3. The number of anilines is 2. The molecule has 1 heterocycles. The molecule has 0 aliphatic rings. The highest BCUT2D eigenvalue weighted by atomic mass is 35.5. The first-order valence-corrected chi connectivity index (χ1v) is 6.92. The molecular formula is C15H10ClN5O3. The van der Waals surface area contributed by atoms with Crippen LogP contribution in [0.3, 0.4) is 0 Å². The zero-order valence-electron chi connectivity index (χ0n) is 12.1. The van der Waals surface area contributed by atoms with Gasteiger partial charge in [0.1, 0.15) is 23.1 Å². The molecule has 9 heteroatoms. The third kappa shape index (κ3) is 4.28. The number of aromatic nitrogens is 1. The van der Waals surface area contributed by atoms with E-state index in [0.29, 0.717) is 10.8 Å². The van der Waals surface area contributed by atoms with Crippen molar-refractivity contribution in [3.8, 4) is 6.07 Å². The second-order valence-corrected chi connectivity index (χ2v) is 4.84. The van der Waals surface area contributed by atoms with Gasteiger partial charge in [0.05, 0.1) is 9.95 Å². The van der Waals surface area contributed by atoms with Crippen molar-refractivity contribution in [3.05, 3.63) is 69.5 Å². The normalized spacial score (nSPS) is 10.6. The monoisotopic (exact) mass is 343 g/mol. The smallest absolute Gasteiger partial charge is 0.292 e. The number of nitro groups is 1. The lowest BCUT2D eigenvalue weighted by atomic mass is 10.2. The number of halogens is 1. The molecule has 0 bridgehead atoms. The molecule has 2 N–H and O–H groups in total. The lowest BCUT2D eigenvalue weighted by molar-refractivity contribution is -0.383. The molecule has 120 valence electrons. The van der Waals surface area contributed by atoms with Crippen molar-refractivity contribution in [2.45, 2.75) is 0 Å². The minimum absolute atomic E-state index is 0.00160. The van der Waals surface area contributed by atoms with E-state index in [4.69, 9.17) is 16.9 Å². The maximum Gasteiger partial charge on any atom is 0.292 e. The van der Waals surface area contributed by atoms with E-state index in [0.717, 1.165) is 6.20 Å². The highest BCUT2D eigenvalue weighted by Crippen LogP contribution is 2.23. The van der Waals surface area contributed by atoms with Crippen LogP contribution < -0.4 is 10.6 Å². The summed E-state index contributed by atoms with van der Waals surface area (Å²) in [5.74, 6) is -0.404. The van der Waals surface area contributed by atoms with Crippen molar-refractivity contribution < 1.29 is 9.72 Å². The molecule has 0 atom stereocenters. The van der Waals surface area contributed by atoms with Gasteiger partial charge in [-0.3, -0.25) is 14.9 Å². The number of carbonyl (C=O) groups excluding carboxylic acids is 1. The maximum absolute atomic E-state index is 12.1. The van der Waals surface area contributed by atoms with E-state index in [1.807, 2.05) is 0 Å². The number of nitro benzene ring substituents is 1. The summed E-state index contributed by atoms with van der Waals surface area (Å²) in [6.07, 6.45) is 2.55. The highest BCUT2D eigenvalue weighted by Gasteiger charge is 2.17. The number of nitrogens with one attached hydrogen (secondary N) is 2. The van der Waals surface area contributed by atoms with E-state index >= 15 is 0 Å². The van der Waals surface area contributed by atoms with Gasteiger partial charge in [-0.15, -0.1) is 0 Å². The number of hydrogen-bond acceptors (Lipinski definition) is 6. The summed E-state index contributed by atoms with van der Waals surface area (Å²) in [4.78, 5) is 26.3. The Bertz CT molecular complexity index is 843. The minimum atomic E-state index is -0.784. The average Bonchev–Trinajstić information content (AvgIpc) is 2.57. The predicted octanol–water partition coefficient (Wildman–Crippen LogP) is 3.10. The van der Waals surface area contributed by atoms with Crippen molar-refractivity contribution in [1.82, 2.24) is 4.98 Å². The summed E-state index contributed by atoms with van der Waals surface area (Å²) >= 11 is 5.71. The van der Waals surface area contributed by atoms with E-state index < -0.39 is 10.8 Å². The van der Waals surface area contributed by atoms with Gasteiger partial charge in [-0.1, -0.05) is 23.7 Å². The van der Waals surface area contributed by atoms with Crippen LogP contribution in [0.2, 0.25) is 5.02 Å². The van der Waals surface area contributed by atoms with Crippen LogP contribution in [0.5, 0.6) is 0 Å². The fraction of sp³-hybridized carbons (Fsp3) is 0. The molecule has 0 spiro atoms. The Kier molecular flexibility index (Phi) is 5.44. The number of amides is 1. The number of rotatable bonds is 5. The minimum Gasteiger partial charge on any atom is -0.345 e. The molecule has 1 aromatic carbocycles. The van der Waals surface area contributed by atoms with Crippen LogP contribution >= 0.6 is 11.6 Å². The maximum atomic E-state index is 12.1. The zero-order valence-corrected chi connectivity index (χ0v) is 12.8. The Morgan fingerprint density at radius 3 is 2.71 bits per heavy atom. The lowest BCUT2D eigenvalue weighted by Gasteiger charge is -2.05. The predicted molar refractivity (Wildman–Crippen MR) is 88.3 cm³/mol. The van der Waals surface area contributed by atoms with E-state index in [1.165, 1.54) is 30.5 Å². The second kappa shape index (κ2) is 7.71. The first kappa shape index (κ1) is 16.9. The Morgan fingerprint density at radius 1 is 1.33 bits per heavy atom. The van der Waals surface area contributed by atoms with Gasteiger partial charge in [-0.05, 0) is 18.2 Å². The number of carbonyl (C=O) groups is 1. The molecule has 8 nitrogen and oxygen atoms in total. The van der Waals surface area contributed by atoms with Crippen molar-refractivity contribution in [1.29, 1.82) is 5.26 Å². The average molecular weight is 344 g/mol. The standard InChI is InChI=1S/C15H10ClN5O3/c16-11-5-6-14(19-9-11)18-8-10(7-17)15(22)20-12-3-1-2-4-13(12)21(23)24/h1-6,8-9H,(H,18,19)(H,20,22)/b10-8-. The van der Waals surface area contributed by atoms with Crippen molar-refractivity contribution >= 4 is 34.7 Å². The van der Waals surface area contributed by atoms with E-state index in [2.05, 4.69) is 15.6 Å². The molecule has 24 heavy (non-hydrogen) atoms. The van der Waals surface area contributed by atoms with Gasteiger partial charge < -0.3 is 10.6 Å². The first-order valence-electron chi connectivity index (χ1n) is 6.54. The summed E-state index contributed by atoms with van der Waals surface area (Å²) in [6, 6.07) is 10.5. The molecule has 0 radical (unpaired) electrons. The van der Waals surface area contributed by atoms with Gasteiger partial charge in [-0.2, -0.15) is 5.26 Å². The fourth-order valence-corrected chi connectivity index (χ4v) is 1.80. The molecule has 0 saturated heterocycles. The molecule has 1 aromatic heterocycles. The number of benzene rings is 1.